The van der Waals surface area contributed by atoms with Crippen molar-refractivity contribution >= 4 is 11.8 Å². The highest BCUT2D eigenvalue weighted by Crippen LogP contribution is 2.37. The molecule has 3 aliphatic heterocycles. The lowest BCUT2D eigenvalue weighted by Crippen LogP contribution is -2.60. The Bertz CT molecular complexity index is 1190. The Morgan fingerprint density at radius 2 is 1.79 bits per heavy atom. The summed E-state index contributed by atoms with van der Waals surface area (Å²) in [5, 5.41) is 3.71. The molecule has 0 saturated carbocycles. The van der Waals surface area contributed by atoms with E-state index in [1.54, 1.807) is 32.4 Å². The average molecular weight is 524 g/mol. The van der Waals surface area contributed by atoms with Gasteiger partial charge in [-0.3, -0.25) is 14.9 Å². The van der Waals surface area contributed by atoms with Crippen molar-refractivity contribution in [3.8, 4) is 23.0 Å². The lowest BCUT2D eigenvalue weighted by molar-refractivity contribution is -0.133. The van der Waals surface area contributed by atoms with Gasteiger partial charge in [-0.15, -0.1) is 0 Å². The van der Waals surface area contributed by atoms with Gasteiger partial charge in [0.25, 0.3) is 5.91 Å². The van der Waals surface area contributed by atoms with Crippen molar-refractivity contribution in [2.24, 2.45) is 5.92 Å². The molecule has 2 aromatic carbocycles. The van der Waals surface area contributed by atoms with Gasteiger partial charge in [-0.25, -0.2) is 0 Å². The Morgan fingerprint density at radius 1 is 1.05 bits per heavy atom. The number of ether oxygens (including phenoxy) is 4. The summed E-state index contributed by atoms with van der Waals surface area (Å²) >= 11 is 0. The number of piperidine rings is 1. The molecule has 9 heteroatoms. The summed E-state index contributed by atoms with van der Waals surface area (Å²) in [6, 6.07) is 11.0. The third-order valence-corrected chi connectivity index (χ3v) is 7.80. The Labute approximate surface area is 224 Å². The number of fused-ring (bicyclic) bond motifs is 1. The van der Waals surface area contributed by atoms with Gasteiger partial charge in [0, 0.05) is 38.0 Å². The minimum atomic E-state index is -0.459. The van der Waals surface area contributed by atoms with Crippen molar-refractivity contribution in [2.45, 2.75) is 51.2 Å². The number of rotatable bonds is 8. The molecule has 2 fully saturated rings. The topological polar surface area (TPSA) is 89.6 Å². The van der Waals surface area contributed by atoms with Crippen molar-refractivity contribution in [1.29, 1.82) is 0 Å². The maximum atomic E-state index is 13.6. The van der Waals surface area contributed by atoms with Gasteiger partial charge in [0.15, 0.2) is 23.0 Å². The molecule has 3 aliphatic rings. The van der Waals surface area contributed by atoms with Crippen molar-refractivity contribution in [2.75, 3.05) is 40.6 Å². The van der Waals surface area contributed by atoms with Crippen LogP contribution < -0.4 is 24.3 Å². The molecule has 0 aromatic heterocycles. The molecule has 38 heavy (non-hydrogen) atoms. The zero-order valence-electron chi connectivity index (χ0n) is 22.6. The number of methoxy groups -OCH3 is 2. The normalized spacial score (nSPS) is 19.9. The summed E-state index contributed by atoms with van der Waals surface area (Å²) in [7, 11) is 3.24. The molecule has 2 saturated heterocycles. The number of carbonyl (C=O) groups is 2. The second kappa shape index (κ2) is 10.7. The Hall–Kier alpha value is -3.46. The number of likely N-dealkylation sites (tertiary alicyclic amines) is 1. The highest BCUT2D eigenvalue weighted by molar-refractivity contribution is 5.95. The molecule has 204 valence electrons. The van der Waals surface area contributed by atoms with Crippen LogP contribution >= 0.6 is 0 Å². The Morgan fingerprint density at radius 3 is 2.50 bits per heavy atom. The molecule has 0 aliphatic carbocycles. The Kier molecular flexibility index (Phi) is 7.38. The molecule has 0 radical (unpaired) electrons. The fourth-order valence-corrected chi connectivity index (χ4v) is 5.80. The van der Waals surface area contributed by atoms with Crippen molar-refractivity contribution in [1.82, 2.24) is 15.1 Å². The molecule has 3 heterocycles. The summed E-state index contributed by atoms with van der Waals surface area (Å²) in [6.07, 6.45) is 2.84. The first-order valence-electron chi connectivity index (χ1n) is 13.3. The fourth-order valence-electron chi connectivity index (χ4n) is 5.80. The second-order valence-corrected chi connectivity index (χ2v) is 10.6. The van der Waals surface area contributed by atoms with Crippen LogP contribution in [0.4, 0.5) is 0 Å². The second-order valence-electron chi connectivity index (χ2n) is 10.6. The van der Waals surface area contributed by atoms with Crippen LogP contribution in [0.3, 0.4) is 0 Å². The smallest absolute Gasteiger partial charge is 0.253 e. The van der Waals surface area contributed by atoms with Gasteiger partial charge >= 0.3 is 0 Å². The maximum absolute atomic E-state index is 13.6. The molecule has 2 amide bonds. The van der Waals surface area contributed by atoms with Gasteiger partial charge in [-0.1, -0.05) is 19.9 Å². The SMILES string of the molecule is COc1ccc(CCN2C(=O)[C@@H](CC(C)C)NC23CCN(C(=O)c2ccc4c(c2)OCO4)CC3)cc1OC. The van der Waals surface area contributed by atoms with Gasteiger partial charge in [-0.2, -0.15) is 0 Å². The first-order chi connectivity index (χ1) is 18.3. The van der Waals surface area contributed by atoms with E-state index in [9.17, 15) is 9.59 Å². The highest BCUT2D eigenvalue weighted by Gasteiger charge is 2.51. The lowest BCUT2D eigenvalue weighted by Gasteiger charge is -2.44. The number of nitrogens with zero attached hydrogens (tertiary/aromatic N) is 2. The number of hydrogen-bond acceptors (Lipinski definition) is 7. The van der Waals surface area contributed by atoms with Gasteiger partial charge in [0.05, 0.1) is 25.9 Å². The predicted octanol–water partition coefficient (Wildman–Crippen LogP) is 3.45. The van der Waals surface area contributed by atoms with Gasteiger partial charge < -0.3 is 28.7 Å². The molecule has 5 rings (SSSR count). The minimum absolute atomic E-state index is 0.0296. The fraction of sp³-hybridized carbons (Fsp3) is 0.517. The van der Waals surface area contributed by atoms with E-state index in [0.717, 1.165) is 12.0 Å². The molecule has 2 aromatic rings. The predicted molar refractivity (Wildman–Crippen MR) is 142 cm³/mol. The standard InChI is InChI=1S/C29H37N3O6/c1-19(2)15-22-28(34)32(12-9-20-5-7-23(35-3)25(16-20)36-4)29(30-22)10-13-31(14-11-29)27(33)21-6-8-24-26(17-21)38-18-37-24/h5-8,16-17,19,22,30H,9-15,18H2,1-4H3/t22-/m1/s1. The first kappa shape index (κ1) is 26.2. The number of hydrogen-bond donors (Lipinski definition) is 1. The Balaban J connectivity index is 1.30. The molecule has 1 N–H and O–H groups in total. The zero-order chi connectivity index (χ0) is 26.9. The summed E-state index contributed by atoms with van der Waals surface area (Å²) in [6.45, 7) is 6.17. The summed E-state index contributed by atoms with van der Waals surface area (Å²) in [5.74, 6) is 3.14. The highest BCUT2D eigenvalue weighted by atomic mass is 16.7. The zero-order valence-corrected chi connectivity index (χ0v) is 22.6. The van der Waals surface area contributed by atoms with E-state index in [0.29, 0.717) is 73.4 Å². The van der Waals surface area contributed by atoms with Crippen LogP contribution in [0.2, 0.25) is 0 Å². The summed E-state index contributed by atoms with van der Waals surface area (Å²) in [5.41, 5.74) is 1.20. The van der Waals surface area contributed by atoms with Crippen molar-refractivity contribution < 1.29 is 28.5 Å². The first-order valence-corrected chi connectivity index (χ1v) is 13.3. The number of amides is 2. The number of carbonyl (C=O) groups excluding carboxylic acids is 2. The molecule has 9 nitrogen and oxygen atoms in total. The number of benzene rings is 2. The molecular formula is C29H37N3O6. The van der Waals surface area contributed by atoms with Crippen LogP contribution in [0.15, 0.2) is 36.4 Å². The molecule has 1 spiro atoms. The van der Waals surface area contributed by atoms with E-state index in [-0.39, 0.29) is 24.6 Å². The van der Waals surface area contributed by atoms with Crippen LogP contribution in [-0.4, -0.2) is 74.0 Å². The quantitative estimate of drug-likeness (QED) is 0.567. The van der Waals surface area contributed by atoms with Crippen LogP contribution in [0.1, 0.15) is 49.0 Å². The average Bonchev–Trinajstić information content (AvgIpc) is 3.49. The van der Waals surface area contributed by atoms with E-state index in [2.05, 4.69) is 19.2 Å². The lowest BCUT2D eigenvalue weighted by atomic mass is 9.94. The van der Waals surface area contributed by atoms with Gasteiger partial charge in [0.1, 0.15) is 0 Å². The van der Waals surface area contributed by atoms with E-state index in [1.165, 1.54) is 0 Å². The van der Waals surface area contributed by atoms with Crippen LogP contribution in [0.5, 0.6) is 23.0 Å². The van der Waals surface area contributed by atoms with E-state index < -0.39 is 5.66 Å². The maximum Gasteiger partial charge on any atom is 0.253 e. The van der Waals surface area contributed by atoms with E-state index >= 15 is 0 Å². The van der Waals surface area contributed by atoms with Crippen molar-refractivity contribution in [3.05, 3.63) is 47.5 Å². The monoisotopic (exact) mass is 523 g/mol. The van der Waals surface area contributed by atoms with Gasteiger partial charge in [-0.05, 0) is 54.7 Å². The largest absolute Gasteiger partial charge is 0.493 e. The van der Waals surface area contributed by atoms with E-state index in [4.69, 9.17) is 18.9 Å². The van der Waals surface area contributed by atoms with Crippen LogP contribution in [-0.2, 0) is 11.2 Å². The van der Waals surface area contributed by atoms with Crippen molar-refractivity contribution in [3.63, 3.8) is 0 Å². The third-order valence-electron chi connectivity index (χ3n) is 7.80. The van der Waals surface area contributed by atoms with Crippen LogP contribution in [0.25, 0.3) is 0 Å². The van der Waals surface area contributed by atoms with E-state index in [1.807, 2.05) is 28.0 Å². The van der Waals surface area contributed by atoms with Crippen LogP contribution in [0, 0.1) is 5.92 Å². The third kappa shape index (κ3) is 4.99. The molecule has 1 atom stereocenters. The molecular weight excluding hydrogens is 486 g/mol. The molecule has 0 unspecified atom stereocenters. The summed E-state index contributed by atoms with van der Waals surface area (Å²) in [4.78, 5) is 30.8. The molecule has 0 bridgehead atoms. The van der Waals surface area contributed by atoms with Gasteiger partial charge in [0.2, 0.25) is 12.7 Å². The minimum Gasteiger partial charge on any atom is -0.493 e. The number of nitrogens with one attached hydrogen (secondary N) is 1. The summed E-state index contributed by atoms with van der Waals surface area (Å²) < 4.78 is 21.7.